The van der Waals surface area contributed by atoms with E-state index in [4.69, 9.17) is 33.2 Å². The number of thiazole rings is 1. The van der Waals surface area contributed by atoms with E-state index in [0.717, 1.165) is 89.3 Å². The zero-order chi connectivity index (χ0) is 55.3. The van der Waals surface area contributed by atoms with Gasteiger partial charge in [0.05, 0.1) is 99.9 Å². The van der Waals surface area contributed by atoms with E-state index in [1.807, 2.05) is 97.3 Å². The Bertz CT molecular complexity index is 2450. The number of rotatable bonds is 26. The minimum Gasteiger partial charge on any atom is -0.507 e. The van der Waals surface area contributed by atoms with Gasteiger partial charge in [-0.05, 0) is 106 Å². The Kier molecular flexibility index (Phi) is 21.6. The molecule has 4 heterocycles. The van der Waals surface area contributed by atoms with Crippen LogP contribution in [0.2, 0.25) is 0 Å². The molecule has 7 rings (SSSR count). The van der Waals surface area contributed by atoms with E-state index in [1.165, 1.54) is 4.90 Å². The van der Waals surface area contributed by atoms with E-state index >= 15 is 0 Å². The van der Waals surface area contributed by atoms with Crippen molar-refractivity contribution in [3.05, 3.63) is 81.2 Å². The van der Waals surface area contributed by atoms with Crippen LogP contribution in [0.25, 0.3) is 16.0 Å². The number of ether oxygens (including phenoxy) is 7. The lowest BCUT2D eigenvalue weighted by Crippen LogP contribution is -2.58. The Morgan fingerprint density at radius 3 is 1.97 bits per heavy atom. The fourth-order valence-electron chi connectivity index (χ4n) is 10.9. The Balaban J connectivity index is 0.674. The number of hydrogen-bond donors (Lipinski definition) is 4. The lowest BCUT2D eigenvalue weighted by Gasteiger charge is -2.39. The molecule has 3 amide bonds. The summed E-state index contributed by atoms with van der Waals surface area (Å²) < 4.78 is 40.7. The number of carbonyl (C=O) groups excluding carboxylic acids is 4. The third-order valence-electron chi connectivity index (χ3n) is 15.1. The zero-order valence-corrected chi connectivity index (χ0v) is 47.3. The zero-order valence-electron chi connectivity index (χ0n) is 46.5. The molecule has 1 aliphatic carbocycles. The number of amides is 3. The van der Waals surface area contributed by atoms with Gasteiger partial charge < -0.3 is 63.8 Å². The summed E-state index contributed by atoms with van der Waals surface area (Å²) in [5.41, 5.74) is 7.20. The summed E-state index contributed by atoms with van der Waals surface area (Å²) in [6.45, 7) is 21.3. The first-order valence-electron chi connectivity index (χ1n) is 27.4. The summed E-state index contributed by atoms with van der Waals surface area (Å²) >= 11 is 1.57. The number of β-amino-alcohol motifs (C(OH)–C–C–N with tert-alkyl or cyclic N) is 1. The molecule has 18 nitrogen and oxygen atoms in total. The maximum absolute atomic E-state index is 14.0. The predicted molar refractivity (Wildman–Crippen MR) is 292 cm³/mol. The Hall–Kier alpha value is -4.83. The van der Waals surface area contributed by atoms with Crippen LogP contribution in [-0.4, -0.2) is 177 Å². The number of nitrogens with one attached hydrogen (secondary N) is 2. The molecule has 0 radical (unpaired) electrons. The summed E-state index contributed by atoms with van der Waals surface area (Å²) in [6, 6.07) is 9.78. The molecule has 4 N–H and O–H groups in total. The molecule has 4 aliphatic rings. The average Bonchev–Trinajstić information content (AvgIpc) is 4.25. The molecular weight excluding hydrogens is 1010 g/mol. The highest BCUT2D eigenvalue weighted by Gasteiger charge is 2.51. The molecule has 0 bridgehead atoms. The summed E-state index contributed by atoms with van der Waals surface area (Å²) in [4.78, 5) is 63.0. The van der Waals surface area contributed by atoms with Crippen LogP contribution in [0.4, 0.5) is 0 Å². The van der Waals surface area contributed by atoms with Crippen molar-refractivity contribution in [1.29, 1.82) is 0 Å². The van der Waals surface area contributed by atoms with Crippen molar-refractivity contribution in [3.63, 3.8) is 0 Å². The minimum atomic E-state index is -0.969. The van der Waals surface area contributed by atoms with E-state index in [1.54, 1.807) is 11.3 Å². The van der Waals surface area contributed by atoms with Gasteiger partial charge in [-0.1, -0.05) is 62.7 Å². The summed E-state index contributed by atoms with van der Waals surface area (Å²) in [5.74, 6) is -1.66. The fourth-order valence-corrected chi connectivity index (χ4v) is 11.7. The van der Waals surface area contributed by atoms with E-state index in [9.17, 15) is 29.4 Å². The minimum absolute atomic E-state index is 0.0205. The van der Waals surface area contributed by atoms with Crippen LogP contribution in [-0.2, 0) is 52.3 Å². The van der Waals surface area contributed by atoms with Crippen LogP contribution in [0.15, 0.2) is 47.7 Å². The highest BCUT2D eigenvalue weighted by molar-refractivity contribution is 7.13. The van der Waals surface area contributed by atoms with Crippen LogP contribution in [0.1, 0.15) is 112 Å². The summed E-state index contributed by atoms with van der Waals surface area (Å²) in [5, 5.41) is 27.8. The third-order valence-corrected chi connectivity index (χ3v) is 16.1. The van der Waals surface area contributed by atoms with Crippen molar-refractivity contribution in [2.24, 2.45) is 5.41 Å². The van der Waals surface area contributed by atoms with Crippen molar-refractivity contribution < 1.29 is 62.5 Å². The van der Waals surface area contributed by atoms with Crippen molar-refractivity contribution in [3.8, 4) is 10.4 Å². The standard InChI is InChI=1S/C58H83N5O13S/c1-37-31-38(2)49(39(3)32-37)50-53(66)58(76-56(50)69)17-13-45(14-18-58)75-46-15-19-62(20-16-46)21-22-70-23-24-71-25-26-72-27-28-73-29-30-74-35-48(65)61-52(57(6,7)8)55(68)63-34-44(64)33-47(63)54(67)60-40(4)42-9-11-43(12-10-42)51-41(5)59-36-77-51/h9-12,31-32,36,40,44-47,52,64,66H,13-30,33-35H2,1-8H3,(H,60,67)(H,61,65)/t40-,44+,45?,47-,52+,58?/m0/s1. The van der Waals surface area contributed by atoms with Gasteiger partial charge in [0.15, 0.2) is 11.4 Å². The first-order chi connectivity index (χ1) is 36.8. The van der Waals surface area contributed by atoms with Gasteiger partial charge in [-0.3, -0.25) is 14.4 Å². The first kappa shape index (κ1) is 59.8. The fraction of sp³-hybridized carbons (Fsp3) is 0.638. The van der Waals surface area contributed by atoms with E-state index in [0.29, 0.717) is 64.7 Å². The molecule has 3 aromatic rings. The second-order valence-corrected chi connectivity index (χ2v) is 23.0. The Morgan fingerprint density at radius 2 is 1.40 bits per heavy atom. The number of piperidine rings is 1. The third kappa shape index (κ3) is 16.2. The van der Waals surface area contributed by atoms with Crippen LogP contribution in [0.3, 0.4) is 0 Å². The molecule has 424 valence electrons. The van der Waals surface area contributed by atoms with E-state index < -0.39 is 47.0 Å². The number of aryl methyl sites for hydroxylation is 4. The molecule has 4 atom stereocenters. The van der Waals surface area contributed by atoms with Gasteiger partial charge in [0.2, 0.25) is 17.7 Å². The molecule has 77 heavy (non-hydrogen) atoms. The number of hydrogen-bond acceptors (Lipinski definition) is 16. The second kappa shape index (κ2) is 27.9. The number of benzene rings is 2. The van der Waals surface area contributed by atoms with E-state index in [2.05, 4.69) is 20.5 Å². The van der Waals surface area contributed by atoms with Crippen molar-refractivity contribution in [2.75, 3.05) is 92.2 Å². The number of aromatic nitrogens is 1. The molecule has 1 spiro atoms. The lowest BCUT2D eigenvalue weighted by atomic mass is 9.80. The highest BCUT2D eigenvalue weighted by Crippen LogP contribution is 2.47. The monoisotopic (exact) mass is 1090 g/mol. The second-order valence-electron chi connectivity index (χ2n) is 22.1. The number of nitrogens with zero attached hydrogens (tertiary/aromatic N) is 3. The maximum Gasteiger partial charge on any atom is 0.343 e. The topological polar surface area (TPSA) is 217 Å². The maximum atomic E-state index is 14.0. The number of carbonyl (C=O) groups is 4. The van der Waals surface area contributed by atoms with Crippen LogP contribution in [0.5, 0.6) is 0 Å². The first-order valence-corrected chi connectivity index (χ1v) is 28.3. The van der Waals surface area contributed by atoms with Gasteiger partial charge in [0.25, 0.3) is 0 Å². The number of esters is 1. The van der Waals surface area contributed by atoms with Crippen molar-refractivity contribution >= 4 is 40.6 Å². The van der Waals surface area contributed by atoms with E-state index in [-0.39, 0.29) is 62.7 Å². The number of aliphatic hydroxyl groups is 2. The molecule has 2 aromatic carbocycles. The molecule has 19 heteroatoms. The van der Waals surface area contributed by atoms with Crippen LogP contribution in [0, 0.1) is 33.1 Å². The molecule has 3 aliphatic heterocycles. The average molecular weight is 1090 g/mol. The number of aliphatic hydroxyl groups excluding tert-OH is 2. The van der Waals surface area contributed by atoms with Crippen LogP contribution < -0.4 is 10.6 Å². The molecule has 1 saturated carbocycles. The lowest BCUT2D eigenvalue weighted by molar-refractivity contribution is -0.154. The van der Waals surface area contributed by atoms with Gasteiger partial charge in [-0.2, -0.15) is 0 Å². The normalized spacial score (nSPS) is 22.2. The van der Waals surface area contributed by atoms with Crippen molar-refractivity contribution in [2.45, 2.75) is 142 Å². The van der Waals surface area contributed by atoms with Gasteiger partial charge >= 0.3 is 5.97 Å². The molecule has 3 fully saturated rings. The molecule has 2 saturated heterocycles. The quantitative estimate of drug-likeness (QED) is 0.0500. The SMILES string of the molecule is Cc1cc(C)c(C2=C(O)C3(CCC(OC4CCN(CCOCCOCCOCCOCCOCC(=O)N[C@H](C(=O)N5C[C@H](O)C[C@H]5C(=O)N[C@@H](C)c5ccc(-c6scnc6C)cc5)C(C)(C)C)CC4)CC3)OC2=O)c(C)c1. The number of likely N-dealkylation sites (tertiary alicyclic amines) is 2. The largest absolute Gasteiger partial charge is 0.507 e. The van der Waals surface area contributed by atoms with Gasteiger partial charge in [0.1, 0.15) is 24.3 Å². The Morgan fingerprint density at radius 1 is 0.831 bits per heavy atom. The molecular formula is C58H83N5O13S. The van der Waals surface area contributed by atoms with Crippen LogP contribution >= 0.6 is 11.3 Å². The summed E-state index contributed by atoms with van der Waals surface area (Å²) in [6.07, 6.45) is 3.95. The van der Waals surface area contributed by atoms with Gasteiger partial charge in [-0.25, -0.2) is 9.78 Å². The summed E-state index contributed by atoms with van der Waals surface area (Å²) in [7, 11) is 0. The highest BCUT2D eigenvalue weighted by atomic mass is 32.1. The van der Waals surface area contributed by atoms with Gasteiger partial charge in [0, 0.05) is 32.6 Å². The molecule has 0 unspecified atom stereocenters. The van der Waals surface area contributed by atoms with Crippen molar-refractivity contribution in [1.82, 2.24) is 25.4 Å². The van der Waals surface area contributed by atoms with Gasteiger partial charge in [-0.15, -0.1) is 11.3 Å². The smallest absolute Gasteiger partial charge is 0.343 e. The Labute approximate surface area is 458 Å². The predicted octanol–water partition coefficient (Wildman–Crippen LogP) is 6.49. The molecule has 1 aromatic heterocycles.